The van der Waals surface area contributed by atoms with Gasteiger partial charge in [-0.25, -0.2) is 9.79 Å². The Morgan fingerprint density at radius 3 is 2.45 bits per heavy atom. The molecule has 7 nitrogen and oxygen atoms in total. The van der Waals surface area contributed by atoms with Crippen molar-refractivity contribution in [1.29, 1.82) is 0 Å². The molecule has 0 aromatic heterocycles. The van der Waals surface area contributed by atoms with E-state index in [-0.39, 0.29) is 12.1 Å². The lowest BCUT2D eigenvalue weighted by Gasteiger charge is -2.31. The summed E-state index contributed by atoms with van der Waals surface area (Å²) >= 11 is 0. The molecule has 1 aliphatic rings. The number of nitrogens with two attached hydrogens (primary N) is 1. The monoisotopic (exact) mass is 424 g/mol. The number of ether oxygens (including phenoxy) is 2. The molecule has 1 fully saturated rings. The molecular formula is C24H32N4O3. The van der Waals surface area contributed by atoms with Gasteiger partial charge in [0, 0.05) is 19.1 Å². The summed E-state index contributed by atoms with van der Waals surface area (Å²) in [6.07, 6.45) is 1.39. The minimum absolute atomic E-state index is 0.207. The Morgan fingerprint density at radius 1 is 1.06 bits per heavy atom. The van der Waals surface area contributed by atoms with Crippen LogP contribution in [0.3, 0.4) is 0 Å². The van der Waals surface area contributed by atoms with E-state index in [1.54, 1.807) is 4.90 Å². The molecule has 2 aromatic rings. The summed E-state index contributed by atoms with van der Waals surface area (Å²) in [5.74, 6) is 0.426. The average Bonchev–Trinajstić information content (AvgIpc) is 2.80. The highest BCUT2D eigenvalue weighted by atomic mass is 16.6. The van der Waals surface area contributed by atoms with Gasteiger partial charge in [0.25, 0.3) is 0 Å². The van der Waals surface area contributed by atoms with E-state index in [1.807, 2.05) is 37.3 Å². The number of hydrogen-bond donors (Lipinski definition) is 2. The van der Waals surface area contributed by atoms with Crippen molar-refractivity contribution in [2.75, 3.05) is 19.7 Å². The molecule has 0 spiro atoms. The number of aliphatic imine (C=N–C) groups is 1. The van der Waals surface area contributed by atoms with E-state index in [0.29, 0.717) is 45.4 Å². The van der Waals surface area contributed by atoms with E-state index < -0.39 is 0 Å². The van der Waals surface area contributed by atoms with Gasteiger partial charge in [-0.3, -0.25) is 0 Å². The zero-order valence-electron chi connectivity index (χ0n) is 18.1. The number of nitrogens with zero attached hydrogens (tertiary/aromatic N) is 2. The van der Waals surface area contributed by atoms with Crippen LogP contribution in [0.2, 0.25) is 0 Å². The van der Waals surface area contributed by atoms with Gasteiger partial charge in [0.05, 0.1) is 26.4 Å². The average molecular weight is 425 g/mol. The number of carbonyl (C=O) groups is 1. The second-order valence-corrected chi connectivity index (χ2v) is 7.55. The standard InChI is InChI=1S/C24H32N4O3/c1-2-31-24(29)28-14-12-22(13-15-28)27-23(25)26-16-20-10-6-7-11-21(20)18-30-17-19-8-4-3-5-9-19/h3-11,22H,2,12-18H2,1H3,(H3,25,26,27). The summed E-state index contributed by atoms with van der Waals surface area (Å²) in [5, 5.41) is 3.28. The van der Waals surface area contributed by atoms with Crippen molar-refractivity contribution >= 4 is 12.1 Å². The Hall–Kier alpha value is -3.06. The van der Waals surface area contributed by atoms with Crippen LogP contribution >= 0.6 is 0 Å². The van der Waals surface area contributed by atoms with Crippen LogP contribution in [0.4, 0.5) is 4.79 Å². The van der Waals surface area contributed by atoms with Crippen molar-refractivity contribution in [3.8, 4) is 0 Å². The van der Waals surface area contributed by atoms with Gasteiger partial charge < -0.3 is 25.4 Å². The lowest BCUT2D eigenvalue weighted by molar-refractivity contribution is 0.0963. The number of nitrogens with one attached hydrogen (secondary N) is 1. The molecule has 0 radical (unpaired) electrons. The van der Waals surface area contributed by atoms with Gasteiger partial charge in [0.2, 0.25) is 0 Å². The lowest BCUT2D eigenvalue weighted by Crippen LogP contribution is -2.48. The Kier molecular flexibility index (Phi) is 8.72. The first-order valence-corrected chi connectivity index (χ1v) is 10.8. The molecule has 3 rings (SSSR count). The summed E-state index contributed by atoms with van der Waals surface area (Å²) in [6.45, 7) is 5.13. The highest BCUT2D eigenvalue weighted by Gasteiger charge is 2.23. The molecule has 7 heteroatoms. The molecule has 166 valence electrons. The molecule has 0 unspecified atom stereocenters. The number of guanidine groups is 1. The lowest BCUT2D eigenvalue weighted by atomic mass is 10.1. The van der Waals surface area contributed by atoms with Gasteiger partial charge in [-0.05, 0) is 36.5 Å². The van der Waals surface area contributed by atoms with Gasteiger partial charge in [0.1, 0.15) is 0 Å². The van der Waals surface area contributed by atoms with E-state index in [9.17, 15) is 4.79 Å². The molecule has 0 bridgehead atoms. The van der Waals surface area contributed by atoms with Crippen molar-refractivity contribution in [2.45, 2.75) is 45.6 Å². The Balaban J connectivity index is 1.46. The zero-order chi connectivity index (χ0) is 21.9. The third-order valence-electron chi connectivity index (χ3n) is 5.28. The van der Waals surface area contributed by atoms with Crippen LogP contribution in [0.5, 0.6) is 0 Å². The summed E-state index contributed by atoms with van der Waals surface area (Å²) < 4.78 is 10.9. The summed E-state index contributed by atoms with van der Waals surface area (Å²) in [4.78, 5) is 18.1. The van der Waals surface area contributed by atoms with Crippen LogP contribution in [0, 0.1) is 0 Å². The molecule has 0 saturated carbocycles. The van der Waals surface area contributed by atoms with Gasteiger partial charge in [-0.1, -0.05) is 54.6 Å². The number of carbonyl (C=O) groups excluding carboxylic acids is 1. The number of rotatable bonds is 8. The summed E-state index contributed by atoms with van der Waals surface area (Å²) in [7, 11) is 0. The first-order chi connectivity index (χ1) is 15.2. The van der Waals surface area contributed by atoms with Crippen LogP contribution in [0.15, 0.2) is 59.6 Å². The fourth-order valence-electron chi connectivity index (χ4n) is 3.55. The maximum absolute atomic E-state index is 11.8. The van der Waals surface area contributed by atoms with E-state index in [4.69, 9.17) is 15.2 Å². The topological polar surface area (TPSA) is 89.2 Å². The van der Waals surface area contributed by atoms with Crippen molar-refractivity contribution in [3.05, 3.63) is 71.3 Å². The van der Waals surface area contributed by atoms with Crippen LogP contribution in [0.1, 0.15) is 36.5 Å². The fourth-order valence-corrected chi connectivity index (χ4v) is 3.55. The molecule has 3 N–H and O–H groups in total. The van der Waals surface area contributed by atoms with Crippen LogP contribution in [-0.4, -0.2) is 42.7 Å². The molecule has 1 heterocycles. The van der Waals surface area contributed by atoms with Crippen molar-refractivity contribution < 1.29 is 14.3 Å². The number of benzene rings is 2. The second-order valence-electron chi connectivity index (χ2n) is 7.55. The van der Waals surface area contributed by atoms with Crippen LogP contribution in [-0.2, 0) is 29.2 Å². The molecule has 0 atom stereocenters. The van der Waals surface area contributed by atoms with Gasteiger partial charge >= 0.3 is 6.09 Å². The van der Waals surface area contributed by atoms with E-state index in [0.717, 1.165) is 29.5 Å². The molecule has 1 aliphatic heterocycles. The van der Waals surface area contributed by atoms with Crippen molar-refractivity contribution in [3.63, 3.8) is 0 Å². The molecule has 31 heavy (non-hydrogen) atoms. The van der Waals surface area contributed by atoms with Crippen LogP contribution < -0.4 is 11.1 Å². The first kappa shape index (κ1) is 22.6. The van der Waals surface area contributed by atoms with Crippen molar-refractivity contribution in [1.82, 2.24) is 10.2 Å². The van der Waals surface area contributed by atoms with Gasteiger partial charge in [-0.2, -0.15) is 0 Å². The van der Waals surface area contributed by atoms with Crippen LogP contribution in [0.25, 0.3) is 0 Å². The number of likely N-dealkylation sites (tertiary alicyclic amines) is 1. The third kappa shape index (κ3) is 7.29. The smallest absolute Gasteiger partial charge is 0.409 e. The number of piperidine rings is 1. The predicted molar refractivity (Wildman–Crippen MR) is 121 cm³/mol. The molecule has 0 aliphatic carbocycles. The van der Waals surface area contributed by atoms with Crippen molar-refractivity contribution in [2.24, 2.45) is 10.7 Å². The maximum Gasteiger partial charge on any atom is 0.409 e. The minimum atomic E-state index is -0.242. The summed E-state index contributed by atoms with van der Waals surface area (Å²) in [5.41, 5.74) is 9.48. The zero-order valence-corrected chi connectivity index (χ0v) is 18.1. The Bertz CT molecular complexity index is 849. The Morgan fingerprint density at radius 2 is 1.74 bits per heavy atom. The molecule has 2 aromatic carbocycles. The second kappa shape index (κ2) is 12.0. The number of hydrogen-bond acceptors (Lipinski definition) is 4. The molecule has 1 saturated heterocycles. The number of amides is 1. The summed E-state index contributed by atoms with van der Waals surface area (Å²) in [6, 6.07) is 18.5. The normalized spacial score (nSPS) is 15.0. The maximum atomic E-state index is 11.8. The highest BCUT2D eigenvalue weighted by molar-refractivity contribution is 5.78. The SMILES string of the molecule is CCOC(=O)N1CCC(NC(N)=NCc2ccccc2COCc2ccccc2)CC1. The predicted octanol–water partition coefficient (Wildman–Crippen LogP) is 3.43. The molecule has 1 amide bonds. The minimum Gasteiger partial charge on any atom is -0.450 e. The van der Waals surface area contributed by atoms with E-state index in [2.05, 4.69) is 34.6 Å². The first-order valence-electron chi connectivity index (χ1n) is 10.8. The largest absolute Gasteiger partial charge is 0.450 e. The fraction of sp³-hybridized carbons (Fsp3) is 0.417. The quantitative estimate of drug-likeness (QED) is 0.501. The van der Waals surface area contributed by atoms with E-state index >= 15 is 0 Å². The highest BCUT2D eigenvalue weighted by Crippen LogP contribution is 2.14. The van der Waals surface area contributed by atoms with Gasteiger partial charge in [-0.15, -0.1) is 0 Å². The Labute approximate surface area is 184 Å². The molecular weight excluding hydrogens is 392 g/mol. The third-order valence-corrected chi connectivity index (χ3v) is 5.28. The van der Waals surface area contributed by atoms with Gasteiger partial charge in [0.15, 0.2) is 5.96 Å². The van der Waals surface area contributed by atoms with E-state index in [1.165, 1.54) is 0 Å².